The van der Waals surface area contributed by atoms with Crippen LogP contribution in [0.15, 0.2) is 32.2 Å². The predicted molar refractivity (Wildman–Crippen MR) is 88.1 cm³/mol. The van der Waals surface area contributed by atoms with E-state index in [1.54, 1.807) is 18.2 Å². The molecule has 124 valence electrons. The van der Waals surface area contributed by atoms with E-state index in [2.05, 4.69) is 24.2 Å². The quantitative estimate of drug-likeness (QED) is 0.588. The van der Waals surface area contributed by atoms with Crippen molar-refractivity contribution in [1.29, 1.82) is 0 Å². The van der Waals surface area contributed by atoms with Gasteiger partial charge in [0.05, 0.1) is 22.5 Å². The molecule has 0 unspecified atom stereocenters. The Bertz CT molecular complexity index is 692. The first kappa shape index (κ1) is 17.0. The molecule has 1 aliphatic rings. The third-order valence-corrected chi connectivity index (χ3v) is 3.65. The molecule has 2 rings (SSSR count). The van der Waals surface area contributed by atoms with Gasteiger partial charge in [-0.3, -0.25) is 0 Å². The lowest BCUT2D eigenvalue weighted by Crippen LogP contribution is -2.05. The molecule has 0 fully saturated rings. The zero-order valence-electron chi connectivity index (χ0n) is 13.6. The van der Waals surface area contributed by atoms with Crippen molar-refractivity contribution in [2.24, 2.45) is 5.16 Å². The molecule has 0 aliphatic carbocycles. The Morgan fingerprint density at radius 2 is 1.87 bits per heavy atom. The zero-order valence-corrected chi connectivity index (χ0v) is 13.6. The van der Waals surface area contributed by atoms with E-state index in [-0.39, 0.29) is 0 Å². The third-order valence-electron chi connectivity index (χ3n) is 3.65. The monoisotopic (exact) mass is 318 g/mol. The van der Waals surface area contributed by atoms with Gasteiger partial charge < -0.3 is 9.36 Å². The average molecular weight is 318 g/mol. The Morgan fingerprint density at radius 3 is 2.61 bits per heavy atom. The predicted octanol–water partition coefficient (Wildman–Crippen LogP) is 3.35. The summed E-state index contributed by atoms with van der Waals surface area (Å²) >= 11 is 0. The Balaban J connectivity index is 2.14. The van der Waals surface area contributed by atoms with Crippen LogP contribution in [-0.2, 0) is 16.1 Å². The van der Waals surface area contributed by atoms with Crippen molar-refractivity contribution in [3.63, 3.8) is 0 Å². The van der Waals surface area contributed by atoms with Crippen LogP contribution in [0.2, 0.25) is 0 Å². The molecule has 0 atom stereocenters. The Labute approximate surface area is 134 Å². The largest absolute Gasteiger partial charge is 0.367 e. The standard InChI is InChI=1S/C17H22N2O4/c1-3-5-10-14-12(16(20)22-18-14)8-7-9-13-15(11-6-4-2)19-23-17(13)21/h7-9,18H,3-6,10-11H2,1-2H3. The van der Waals surface area contributed by atoms with Crippen LogP contribution in [0.25, 0.3) is 6.08 Å². The Kier molecular flexibility index (Phi) is 6.14. The number of hydrogen-bond donors (Lipinski definition) is 1. The van der Waals surface area contributed by atoms with Gasteiger partial charge in [-0.2, -0.15) is 0 Å². The fraction of sp³-hybridized carbons (Fsp3) is 0.471. The van der Waals surface area contributed by atoms with E-state index in [0.717, 1.165) is 37.8 Å². The van der Waals surface area contributed by atoms with E-state index in [1.807, 2.05) is 0 Å². The summed E-state index contributed by atoms with van der Waals surface area (Å²) in [6.45, 7) is 4.16. The number of H-pyrrole nitrogens is 1. The van der Waals surface area contributed by atoms with Gasteiger partial charge in [-0.1, -0.05) is 37.9 Å². The molecule has 0 saturated heterocycles. The number of rotatable bonds is 8. The summed E-state index contributed by atoms with van der Waals surface area (Å²) in [6, 6.07) is 0. The van der Waals surface area contributed by atoms with Crippen molar-refractivity contribution < 1.29 is 14.2 Å². The highest BCUT2D eigenvalue weighted by Crippen LogP contribution is 2.16. The van der Waals surface area contributed by atoms with E-state index >= 15 is 0 Å². The molecule has 2 heterocycles. The highest BCUT2D eigenvalue weighted by molar-refractivity contribution is 6.22. The molecule has 0 bridgehead atoms. The minimum absolute atomic E-state index is 0.403. The minimum atomic E-state index is -0.451. The molecule has 1 aliphatic heterocycles. The molecular formula is C17H22N2O4. The summed E-state index contributed by atoms with van der Waals surface area (Å²) in [4.78, 5) is 28.1. The number of hydrogen-bond acceptors (Lipinski definition) is 5. The van der Waals surface area contributed by atoms with E-state index in [4.69, 9.17) is 9.36 Å². The highest BCUT2D eigenvalue weighted by atomic mass is 16.7. The maximum atomic E-state index is 11.7. The van der Waals surface area contributed by atoms with Gasteiger partial charge in [-0.25, -0.2) is 14.7 Å². The molecule has 1 aromatic rings. The summed E-state index contributed by atoms with van der Waals surface area (Å²) in [5, 5.41) is 6.46. The van der Waals surface area contributed by atoms with Crippen molar-refractivity contribution in [2.75, 3.05) is 0 Å². The first-order valence-electron chi connectivity index (χ1n) is 8.04. The first-order chi connectivity index (χ1) is 11.2. The van der Waals surface area contributed by atoms with Crippen LogP contribution in [0.5, 0.6) is 0 Å². The van der Waals surface area contributed by atoms with E-state index in [0.29, 0.717) is 23.3 Å². The summed E-state index contributed by atoms with van der Waals surface area (Å²) in [5.41, 5.74) is 1.98. The van der Waals surface area contributed by atoms with Gasteiger partial charge in [0.25, 0.3) is 0 Å². The number of aromatic nitrogens is 1. The first-order valence-corrected chi connectivity index (χ1v) is 8.04. The maximum absolute atomic E-state index is 11.7. The number of carbonyl (C=O) groups excluding carboxylic acids is 1. The third kappa shape index (κ3) is 4.31. The van der Waals surface area contributed by atoms with Crippen molar-refractivity contribution in [3.05, 3.63) is 39.4 Å². The lowest BCUT2D eigenvalue weighted by Gasteiger charge is -1.97. The van der Waals surface area contributed by atoms with E-state index < -0.39 is 11.6 Å². The highest BCUT2D eigenvalue weighted by Gasteiger charge is 2.23. The molecule has 0 saturated carbocycles. The van der Waals surface area contributed by atoms with Crippen LogP contribution >= 0.6 is 0 Å². The topological polar surface area (TPSA) is 84.7 Å². The molecule has 0 spiro atoms. The molecule has 1 aromatic heterocycles. The fourth-order valence-corrected chi connectivity index (χ4v) is 2.29. The van der Waals surface area contributed by atoms with Gasteiger partial charge in [0.2, 0.25) is 0 Å². The van der Waals surface area contributed by atoms with Crippen LogP contribution < -0.4 is 5.63 Å². The molecule has 6 nitrogen and oxygen atoms in total. The Morgan fingerprint density at radius 1 is 1.13 bits per heavy atom. The van der Waals surface area contributed by atoms with Crippen molar-refractivity contribution in [2.45, 2.75) is 52.4 Å². The number of nitrogens with one attached hydrogen (secondary N) is 1. The normalized spacial score (nSPS) is 16.3. The minimum Gasteiger partial charge on any atom is -0.338 e. The van der Waals surface area contributed by atoms with Gasteiger partial charge in [0.1, 0.15) is 0 Å². The molecule has 0 amide bonds. The lowest BCUT2D eigenvalue weighted by atomic mass is 10.0. The van der Waals surface area contributed by atoms with Crippen LogP contribution in [0.1, 0.15) is 57.2 Å². The molecule has 0 radical (unpaired) electrons. The summed E-state index contributed by atoms with van der Waals surface area (Å²) < 4.78 is 4.84. The molecular weight excluding hydrogens is 296 g/mol. The second-order valence-corrected chi connectivity index (χ2v) is 5.45. The second-order valence-electron chi connectivity index (χ2n) is 5.45. The molecule has 1 N–H and O–H groups in total. The smallest absolute Gasteiger partial charge is 0.338 e. The number of aryl methyl sites for hydroxylation is 1. The van der Waals surface area contributed by atoms with Crippen LogP contribution in [0, 0.1) is 0 Å². The summed E-state index contributed by atoms with van der Waals surface area (Å²) in [7, 11) is 0. The van der Waals surface area contributed by atoms with Crippen LogP contribution in [0.4, 0.5) is 0 Å². The maximum Gasteiger partial charge on any atom is 0.367 e. The lowest BCUT2D eigenvalue weighted by molar-refractivity contribution is -0.136. The van der Waals surface area contributed by atoms with Gasteiger partial charge in [-0.15, -0.1) is 0 Å². The summed E-state index contributed by atoms with van der Waals surface area (Å²) in [6.07, 6.45) is 10.4. The van der Waals surface area contributed by atoms with Crippen LogP contribution in [0.3, 0.4) is 0 Å². The Hall–Kier alpha value is -2.37. The van der Waals surface area contributed by atoms with Crippen molar-refractivity contribution in [3.8, 4) is 0 Å². The van der Waals surface area contributed by atoms with Crippen molar-refractivity contribution >= 4 is 17.8 Å². The second kappa shape index (κ2) is 8.31. The number of nitrogens with zero attached hydrogens (tertiary/aromatic N) is 1. The molecule has 23 heavy (non-hydrogen) atoms. The van der Waals surface area contributed by atoms with Gasteiger partial charge >= 0.3 is 11.6 Å². The molecule has 0 aromatic carbocycles. The van der Waals surface area contributed by atoms with E-state index in [9.17, 15) is 9.59 Å². The average Bonchev–Trinajstić information content (AvgIpc) is 3.07. The fourth-order valence-electron chi connectivity index (χ4n) is 2.29. The number of carbonyl (C=O) groups is 1. The number of unbranched alkanes of at least 4 members (excludes halogenated alkanes) is 2. The van der Waals surface area contributed by atoms with Gasteiger partial charge in [0, 0.05) is 0 Å². The summed E-state index contributed by atoms with van der Waals surface area (Å²) in [5.74, 6) is -0.451. The number of oxime groups is 1. The SMILES string of the molecule is CCCCC1=NOC(=O)C1=CC=Cc1c(CCCC)[nH]oc1=O. The van der Waals surface area contributed by atoms with Gasteiger partial charge in [-0.05, 0) is 37.8 Å². The van der Waals surface area contributed by atoms with E-state index in [1.165, 1.54) is 0 Å². The number of allylic oxidation sites excluding steroid dienone is 2. The van der Waals surface area contributed by atoms with Crippen molar-refractivity contribution in [1.82, 2.24) is 5.16 Å². The van der Waals surface area contributed by atoms with Gasteiger partial charge in [0.15, 0.2) is 0 Å². The number of aromatic amines is 1. The zero-order chi connectivity index (χ0) is 16.7. The van der Waals surface area contributed by atoms with Crippen LogP contribution in [-0.4, -0.2) is 16.8 Å². The molecule has 6 heteroatoms.